The maximum atomic E-state index is 11.5. The van der Waals surface area contributed by atoms with E-state index in [1.165, 1.54) is 0 Å². The van der Waals surface area contributed by atoms with E-state index in [0.717, 1.165) is 40.9 Å². The molecule has 0 saturated carbocycles. The Morgan fingerprint density at radius 3 is 2.40 bits per heavy atom. The first-order valence-corrected chi connectivity index (χ1v) is 11.9. The summed E-state index contributed by atoms with van der Waals surface area (Å²) in [7, 11) is 3.79. The zero-order chi connectivity index (χ0) is 24.6. The van der Waals surface area contributed by atoms with Crippen molar-refractivity contribution in [2.75, 3.05) is 25.0 Å². The second-order valence-electron chi connectivity index (χ2n) is 10.0. The normalized spacial score (nSPS) is 19.6. The highest BCUT2D eigenvalue weighted by molar-refractivity contribution is 5.76. The Labute approximate surface area is 205 Å². The third-order valence-corrected chi connectivity index (χ3v) is 7.05. The van der Waals surface area contributed by atoms with Crippen molar-refractivity contribution in [3.05, 3.63) is 55.2 Å². The molecule has 4 aromatic rings. The molecule has 0 aliphatic carbocycles. The molecule has 0 spiro atoms. The highest BCUT2D eigenvalue weighted by atomic mass is 16.3. The average Bonchev–Trinajstić information content (AvgIpc) is 3.48. The number of aliphatic hydroxyl groups is 1. The molecule has 9 nitrogen and oxygen atoms in total. The van der Waals surface area contributed by atoms with E-state index in [9.17, 15) is 5.11 Å². The number of piperidine rings is 1. The smallest absolute Gasteiger partial charge is 0.161 e. The fourth-order valence-electron chi connectivity index (χ4n) is 4.59. The van der Waals surface area contributed by atoms with E-state index >= 15 is 0 Å². The number of aryl methyl sites for hydroxylation is 2. The predicted molar refractivity (Wildman–Crippen MR) is 137 cm³/mol. The predicted octanol–water partition coefficient (Wildman–Crippen LogP) is 3.11. The topological polar surface area (TPSA) is 106 Å². The molecule has 9 heteroatoms. The van der Waals surface area contributed by atoms with Gasteiger partial charge in [-0.2, -0.15) is 10.2 Å². The van der Waals surface area contributed by atoms with Crippen molar-refractivity contribution in [1.82, 2.24) is 34.8 Å². The summed E-state index contributed by atoms with van der Waals surface area (Å²) in [5, 5.41) is 27.0. The van der Waals surface area contributed by atoms with Gasteiger partial charge in [-0.25, -0.2) is 9.97 Å². The monoisotopic (exact) mass is 472 g/mol. The van der Waals surface area contributed by atoms with Crippen LogP contribution in [0.25, 0.3) is 33.6 Å². The molecule has 0 bridgehead atoms. The lowest BCUT2D eigenvalue weighted by Gasteiger charge is -2.46. The Balaban J connectivity index is 1.51. The van der Waals surface area contributed by atoms with E-state index in [4.69, 9.17) is 9.97 Å². The van der Waals surface area contributed by atoms with E-state index in [-0.39, 0.29) is 5.41 Å². The summed E-state index contributed by atoms with van der Waals surface area (Å²) < 4.78 is 3.55. The minimum Gasteiger partial charge on any atom is -0.387 e. The van der Waals surface area contributed by atoms with Crippen LogP contribution < -0.4 is 10.6 Å². The second kappa shape index (κ2) is 8.90. The minimum atomic E-state index is -0.865. The van der Waals surface area contributed by atoms with E-state index in [0.29, 0.717) is 24.6 Å². The van der Waals surface area contributed by atoms with Crippen molar-refractivity contribution >= 4 is 5.82 Å². The van der Waals surface area contributed by atoms with Crippen LogP contribution in [0.1, 0.15) is 20.3 Å². The molecule has 1 aliphatic rings. The summed E-state index contributed by atoms with van der Waals surface area (Å²) in [6.07, 6.45) is 10.1. The van der Waals surface area contributed by atoms with Crippen LogP contribution in [0.4, 0.5) is 5.82 Å². The summed E-state index contributed by atoms with van der Waals surface area (Å²) in [6.45, 7) is 6.13. The van der Waals surface area contributed by atoms with Crippen molar-refractivity contribution < 1.29 is 5.11 Å². The van der Waals surface area contributed by atoms with Gasteiger partial charge in [0.1, 0.15) is 5.82 Å². The third kappa shape index (κ3) is 4.56. The Morgan fingerprint density at radius 2 is 1.71 bits per heavy atom. The first-order valence-electron chi connectivity index (χ1n) is 11.9. The van der Waals surface area contributed by atoms with E-state index in [1.807, 2.05) is 51.0 Å². The third-order valence-electron chi connectivity index (χ3n) is 7.05. The number of nitrogens with one attached hydrogen (secondary N) is 2. The van der Waals surface area contributed by atoms with Gasteiger partial charge in [0.05, 0.1) is 18.0 Å². The molecule has 0 amide bonds. The number of hydrogen-bond donors (Lipinski definition) is 3. The molecular formula is C26H32N8O. The second-order valence-corrected chi connectivity index (χ2v) is 10.0. The van der Waals surface area contributed by atoms with Gasteiger partial charge in [0.2, 0.25) is 0 Å². The molecule has 1 atom stereocenters. The molecule has 3 N–H and O–H groups in total. The van der Waals surface area contributed by atoms with Crippen molar-refractivity contribution in [2.45, 2.75) is 25.9 Å². The molecule has 1 unspecified atom stereocenters. The summed E-state index contributed by atoms with van der Waals surface area (Å²) in [6, 6.07) is 8.14. The van der Waals surface area contributed by atoms with Gasteiger partial charge in [-0.3, -0.25) is 9.36 Å². The number of nitrogens with zero attached hydrogens (tertiary/aromatic N) is 6. The number of anilines is 1. The molecule has 182 valence electrons. The van der Waals surface area contributed by atoms with Gasteiger partial charge in [0, 0.05) is 73.4 Å². The number of hydrogen-bond acceptors (Lipinski definition) is 7. The zero-order valence-corrected chi connectivity index (χ0v) is 20.7. The standard InChI is InChI=1S/C26H32N8O/c1-25(2)16-27-9-8-26(25,35)17-29-24-22(21-12-31-34(4)15-21)13-28-23(32-24)19-7-5-6-18(10-19)20-11-30-33(3)14-20/h5-7,10-15,27,35H,8-9,16-17H2,1-4H3,(H,28,29,32). The molecule has 3 aromatic heterocycles. The lowest BCUT2D eigenvalue weighted by molar-refractivity contribution is -0.0764. The molecule has 35 heavy (non-hydrogen) atoms. The fourth-order valence-corrected chi connectivity index (χ4v) is 4.59. The van der Waals surface area contributed by atoms with Crippen molar-refractivity contribution in [3.8, 4) is 33.6 Å². The quantitative estimate of drug-likeness (QED) is 0.396. The first-order chi connectivity index (χ1) is 16.7. The molecule has 1 aliphatic heterocycles. The highest BCUT2D eigenvalue weighted by Gasteiger charge is 2.45. The van der Waals surface area contributed by atoms with Gasteiger partial charge in [0.25, 0.3) is 0 Å². The van der Waals surface area contributed by atoms with Gasteiger partial charge >= 0.3 is 0 Å². The van der Waals surface area contributed by atoms with Crippen LogP contribution in [0.3, 0.4) is 0 Å². The molecule has 0 radical (unpaired) electrons. The van der Waals surface area contributed by atoms with Crippen LogP contribution in [-0.4, -0.2) is 59.9 Å². The van der Waals surface area contributed by atoms with Crippen LogP contribution >= 0.6 is 0 Å². The minimum absolute atomic E-state index is 0.277. The molecular weight excluding hydrogens is 440 g/mol. The molecule has 1 aromatic carbocycles. The van der Waals surface area contributed by atoms with Crippen molar-refractivity contribution in [1.29, 1.82) is 0 Å². The lowest BCUT2D eigenvalue weighted by Crippen LogP contribution is -2.59. The van der Waals surface area contributed by atoms with Gasteiger partial charge < -0.3 is 15.7 Å². The SMILES string of the molecule is Cn1cc(-c2cccc(-c3ncc(-c4cnn(C)c4)c(NCC4(O)CCNCC4(C)C)n3)c2)cn1. The average molecular weight is 473 g/mol. The van der Waals surface area contributed by atoms with Gasteiger partial charge in [-0.1, -0.05) is 32.0 Å². The van der Waals surface area contributed by atoms with Crippen molar-refractivity contribution in [3.63, 3.8) is 0 Å². The Morgan fingerprint density at radius 1 is 1.00 bits per heavy atom. The van der Waals surface area contributed by atoms with Gasteiger partial charge in [-0.05, 0) is 24.6 Å². The first kappa shape index (κ1) is 23.2. The maximum Gasteiger partial charge on any atom is 0.161 e. The summed E-state index contributed by atoms with van der Waals surface area (Å²) in [4.78, 5) is 9.62. The highest BCUT2D eigenvalue weighted by Crippen LogP contribution is 2.37. The summed E-state index contributed by atoms with van der Waals surface area (Å²) in [5.74, 6) is 1.29. The number of benzene rings is 1. The largest absolute Gasteiger partial charge is 0.387 e. The van der Waals surface area contributed by atoms with Crippen molar-refractivity contribution in [2.24, 2.45) is 19.5 Å². The Bertz CT molecular complexity index is 1340. The van der Waals surface area contributed by atoms with Crippen LogP contribution in [-0.2, 0) is 14.1 Å². The summed E-state index contributed by atoms with van der Waals surface area (Å²) >= 11 is 0. The van der Waals surface area contributed by atoms with Crippen LogP contribution in [0.15, 0.2) is 55.2 Å². The maximum absolute atomic E-state index is 11.5. The van der Waals surface area contributed by atoms with Gasteiger partial charge in [-0.15, -0.1) is 0 Å². The molecule has 1 fully saturated rings. The van der Waals surface area contributed by atoms with Crippen LogP contribution in [0, 0.1) is 5.41 Å². The Hall–Kier alpha value is -3.56. The Kier molecular flexibility index (Phi) is 5.90. The van der Waals surface area contributed by atoms with Crippen LogP contribution in [0.2, 0.25) is 0 Å². The fraction of sp³-hybridized carbons (Fsp3) is 0.385. The zero-order valence-electron chi connectivity index (χ0n) is 20.7. The lowest BCUT2D eigenvalue weighted by atomic mass is 9.70. The summed E-state index contributed by atoms with van der Waals surface area (Å²) in [5.41, 5.74) is 3.62. The molecule has 1 saturated heterocycles. The molecule has 4 heterocycles. The van der Waals surface area contributed by atoms with E-state index in [2.05, 4.69) is 46.8 Å². The van der Waals surface area contributed by atoms with E-state index < -0.39 is 5.60 Å². The number of aromatic nitrogens is 6. The van der Waals surface area contributed by atoms with E-state index in [1.54, 1.807) is 15.6 Å². The van der Waals surface area contributed by atoms with Crippen LogP contribution in [0.5, 0.6) is 0 Å². The van der Waals surface area contributed by atoms with Gasteiger partial charge in [0.15, 0.2) is 5.82 Å². The number of rotatable bonds is 6. The molecule has 5 rings (SSSR count).